The number of rotatable bonds is 2. The number of hydrogen-bond acceptors (Lipinski definition) is 2. The summed E-state index contributed by atoms with van der Waals surface area (Å²) < 4.78 is 0.678. The Hall–Kier alpha value is -0.610. The summed E-state index contributed by atoms with van der Waals surface area (Å²) in [5.41, 5.74) is 0.778. The second-order valence-corrected chi connectivity index (χ2v) is 3.63. The molecule has 0 atom stereocenters. The van der Waals surface area contributed by atoms with Crippen molar-refractivity contribution >= 4 is 33.5 Å². The molecule has 1 aromatic heterocycles. The van der Waals surface area contributed by atoms with Crippen molar-refractivity contribution in [3.8, 4) is 0 Å². The number of carbonyl (C=O) groups is 1. The van der Waals surface area contributed by atoms with E-state index < -0.39 is 5.97 Å². The van der Waals surface area contributed by atoms with Crippen molar-refractivity contribution in [1.29, 1.82) is 0 Å². The van der Waals surface area contributed by atoms with E-state index in [1.165, 1.54) is 6.07 Å². The first kappa shape index (κ1) is 10.5. The maximum Gasteiger partial charge on any atom is 0.338 e. The molecule has 0 aromatic carbocycles. The molecular formula is C8H7BrClNO2. The maximum atomic E-state index is 10.6. The molecule has 0 radical (unpaired) electrons. The Balaban J connectivity index is 3.28. The normalized spacial score (nSPS) is 10.1. The van der Waals surface area contributed by atoms with Gasteiger partial charge in [-0.25, -0.2) is 9.78 Å². The summed E-state index contributed by atoms with van der Waals surface area (Å²) in [6, 6.07) is 1.47. The number of aromatic carboxylic acids is 1. The number of carboxylic acid groups (broad SMARTS) is 1. The molecule has 0 saturated heterocycles. The van der Waals surface area contributed by atoms with Gasteiger partial charge in [-0.2, -0.15) is 0 Å². The van der Waals surface area contributed by atoms with Gasteiger partial charge in [0.25, 0.3) is 0 Å². The third kappa shape index (κ3) is 2.19. The highest BCUT2D eigenvalue weighted by atomic mass is 79.9. The summed E-state index contributed by atoms with van der Waals surface area (Å²) in [4.78, 5) is 14.6. The molecule has 0 bridgehead atoms. The van der Waals surface area contributed by atoms with Crippen LogP contribution < -0.4 is 0 Å². The van der Waals surface area contributed by atoms with Crippen LogP contribution in [-0.2, 0) is 6.42 Å². The van der Waals surface area contributed by atoms with E-state index >= 15 is 0 Å². The molecule has 0 spiro atoms. The highest BCUT2D eigenvalue weighted by molar-refractivity contribution is 9.10. The van der Waals surface area contributed by atoms with Crippen molar-refractivity contribution in [1.82, 2.24) is 4.98 Å². The highest BCUT2D eigenvalue weighted by Gasteiger charge is 2.12. The van der Waals surface area contributed by atoms with Gasteiger partial charge in [-0.05, 0) is 28.4 Å². The van der Waals surface area contributed by atoms with E-state index in [9.17, 15) is 4.79 Å². The first-order valence-corrected chi connectivity index (χ1v) is 4.81. The number of halogens is 2. The summed E-state index contributed by atoms with van der Waals surface area (Å²) in [5.74, 6) is -1.07. The molecule has 0 aliphatic heterocycles. The van der Waals surface area contributed by atoms with Crippen LogP contribution in [0.15, 0.2) is 10.5 Å². The van der Waals surface area contributed by atoms with Crippen LogP contribution in [0, 0.1) is 0 Å². The number of aryl methyl sites for hydroxylation is 1. The van der Waals surface area contributed by atoms with Crippen LogP contribution in [0.2, 0.25) is 5.15 Å². The first-order chi connectivity index (χ1) is 6.06. The van der Waals surface area contributed by atoms with Crippen molar-refractivity contribution in [2.24, 2.45) is 0 Å². The van der Waals surface area contributed by atoms with E-state index in [0.29, 0.717) is 10.9 Å². The molecule has 0 amide bonds. The fraction of sp³-hybridized carbons (Fsp3) is 0.250. The zero-order chi connectivity index (χ0) is 10.0. The van der Waals surface area contributed by atoms with Crippen LogP contribution in [0.5, 0.6) is 0 Å². The van der Waals surface area contributed by atoms with Crippen LogP contribution in [0.1, 0.15) is 23.0 Å². The quantitative estimate of drug-likeness (QED) is 0.836. The molecule has 5 heteroatoms. The van der Waals surface area contributed by atoms with E-state index in [1.54, 1.807) is 0 Å². The summed E-state index contributed by atoms with van der Waals surface area (Å²) in [7, 11) is 0. The Kier molecular flexibility index (Phi) is 3.27. The first-order valence-electron chi connectivity index (χ1n) is 3.64. The molecule has 0 aliphatic carbocycles. The lowest BCUT2D eigenvalue weighted by Crippen LogP contribution is -2.01. The molecule has 0 aliphatic rings. The minimum atomic E-state index is -1.07. The maximum absolute atomic E-state index is 10.6. The number of hydrogen-bond donors (Lipinski definition) is 1. The third-order valence-electron chi connectivity index (χ3n) is 1.57. The van der Waals surface area contributed by atoms with E-state index in [-0.39, 0.29) is 10.7 Å². The summed E-state index contributed by atoms with van der Waals surface area (Å²) in [6.07, 6.45) is 0.709. The Bertz CT molecular complexity index is 354. The second kappa shape index (κ2) is 4.07. The lowest BCUT2D eigenvalue weighted by atomic mass is 10.2. The molecule has 13 heavy (non-hydrogen) atoms. The standard InChI is InChI=1S/C8H7BrClNO2/c1-2-6-5(9)3-4(8(12)13)7(10)11-6/h3H,2H2,1H3,(H,12,13). The highest BCUT2D eigenvalue weighted by Crippen LogP contribution is 2.22. The average molecular weight is 265 g/mol. The lowest BCUT2D eigenvalue weighted by molar-refractivity contribution is 0.0696. The average Bonchev–Trinajstić information content (AvgIpc) is 2.07. The van der Waals surface area contributed by atoms with Gasteiger partial charge < -0.3 is 5.11 Å². The molecule has 3 nitrogen and oxygen atoms in total. The van der Waals surface area contributed by atoms with E-state index in [0.717, 1.165) is 5.69 Å². The lowest BCUT2D eigenvalue weighted by Gasteiger charge is -2.03. The zero-order valence-electron chi connectivity index (χ0n) is 6.84. The number of nitrogens with zero attached hydrogens (tertiary/aromatic N) is 1. The Morgan fingerprint density at radius 1 is 1.77 bits per heavy atom. The molecule has 1 N–H and O–H groups in total. The minimum Gasteiger partial charge on any atom is -0.478 e. The second-order valence-electron chi connectivity index (χ2n) is 2.41. The largest absolute Gasteiger partial charge is 0.478 e. The van der Waals surface area contributed by atoms with E-state index in [4.69, 9.17) is 16.7 Å². The van der Waals surface area contributed by atoms with Gasteiger partial charge in [-0.3, -0.25) is 0 Å². The van der Waals surface area contributed by atoms with Gasteiger partial charge in [-0.1, -0.05) is 18.5 Å². The zero-order valence-corrected chi connectivity index (χ0v) is 9.18. The number of carboxylic acids is 1. The molecule has 0 unspecified atom stereocenters. The van der Waals surface area contributed by atoms with Gasteiger partial charge in [0.2, 0.25) is 0 Å². The van der Waals surface area contributed by atoms with Gasteiger partial charge in [0.1, 0.15) is 5.15 Å². The predicted molar refractivity (Wildman–Crippen MR) is 53.3 cm³/mol. The van der Waals surface area contributed by atoms with Crippen molar-refractivity contribution < 1.29 is 9.90 Å². The molecule has 0 saturated carbocycles. The van der Waals surface area contributed by atoms with E-state index in [1.807, 2.05) is 6.92 Å². The van der Waals surface area contributed by atoms with Crippen molar-refractivity contribution in [2.75, 3.05) is 0 Å². The van der Waals surface area contributed by atoms with Gasteiger partial charge in [-0.15, -0.1) is 0 Å². The summed E-state index contributed by atoms with van der Waals surface area (Å²) >= 11 is 8.89. The van der Waals surface area contributed by atoms with Crippen molar-refractivity contribution in [2.45, 2.75) is 13.3 Å². The monoisotopic (exact) mass is 263 g/mol. The molecule has 0 fully saturated rings. The smallest absolute Gasteiger partial charge is 0.338 e. The molecule has 70 valence electrons. The summed E-state index contributed by atoms with van der Waals surface area (Å²) in [6.45, 7) is 1.92. The SMILES string of the molecule is CCc1nc(Cl)c(C(=O)O)cc1Br. The minimum absolute atomic E-state index is 0.0192. The fourth-order valence-electron chi connectivity index (χ4n) is 0.900. The third-order valence-corrected chi connectivity index (χ3v) is 2.54. The topological polar surface area (TPSA) is 50.2 Å². The van der Waals surface area contributed by atoms with E-state index in [2.05, 4.69) is 20.9 Å². The molecule has 1 rings (SSSR count). The molecule has 1 aromatic rings. The van der Waals surface area contributed by atoms with Gasteiger partial charge in [0, 0.05) is 4.47 Å². The fourth-order valence-corrected chi connectivity index (χ4v) is 1.73. The number of pyridine rings is 1. The van der Waals surface area contributed by atoms with Crippen LogP contribution >= 0.6 is 27.5 Å². The van der Waals surface area contributed by atoms with Crippen LogP contribution in [0.4, 0.5) is 0 Å². The summed E-state index contributed by atoms with van der Waals surface area (Å²) in [5, 5.41) is 8.74. The number of aromatic nitrogens is 1. The van der Waals surface area contributed by atoms with Crippen LogP contribution in [-0.4, -0.2) is 16.1 Å². The van der Waals surface area contributed by atoms with Gasteiger partial charge in [0.05, 0.1) is 11.3 Å². The van der Waals surface area contributed by atoms with Crippen molar-refractivity contribution in [3.05, 3.63) is 26.9 Å². The Labute approximate surface area is 88.9 Å². The Morgan fingerprint density at radius 2 is 2.38 bits per heavy atom. The molecular weight excluding hydrogens is 257 g/mol. The van der Waals surface area contributed by atoms with Gasteiger partial charge >= 0.3 is 5.97 Å². The predicted octanol–water partition coefficient (Wildman–Crippen LogP) is 2.76. The molecule has 1 heterocycles. The Morgan fingerprint density at radius 3 is 2.85 bits per heavy atom. The van der Waals surface area contributed by atoms with Gasteiger partial charge in [0.15, 0.2) is 0 Å². The van der Waals surface area contributed by atoms with Crippen LogP contribution in [0.3, 0.4) is 0 Å². The van der Waals surface area contributed by atoms with Crippen LogP contribution in [0.25, 0.3) is 0 Å². The van der Waals surface area contributed by atoms with Crippen molar-refractivity contribution in [3.63, 3.8) is 0 Å².